The molecule has 1 aromatic heterocycles. The second-order valence-corrected chi connectivity index (χ2v) is 7.04. The highest BCUT2D eigenvalue weighted by atomic mass is 19.1. The monoisotopic (exact) mass is 384 g/mol. The van der Waals surface area contributed by atoms with Gasteiger partial charge in [0.1, 0.15) is 12.4 Å². The Hall–Kier alpha value is -2.89. The van der Waals surface area contributed by atoms with Gasteiger partial charge in [0, 0.05) is 12.1 Å². The molecule has 1 unspecified atom stereocenters. The number of rotatable bonds is 9. The smallest absolute Gasteiger partial charge is 0.303 e. The summed E-state index contributed by atoms with van der Waals surface area (Å²) in [6, 6.07) is 13.0. The number of aryl methyl sites for hydroxylation is 1. The molecule has 6 heteroatoms. The van der Waals surface area contributed by atoms with Gasteiger partial charge in [0.2, 0.25) is 5.95 Å². The number of nitrogens with zero attached hydrogens (tertiary/aromatic N) is 2. The minimum absolute atomic E-state index is 0.0663. The Morgan fingerprint density at radius 3 is 2.68 bits per heavy atom. The summed E-state index contributed by atoms with van der Waals surface area (Å²) >= 11 is 0. The number of carbonyl (C=O) groups is 1. The Morgan fingerprint density at radius 2 is 2.00 bits per heavy atom. The SMILES string of the molecule is CCCCn1nc(F)c2c(COc3ccc(C(C)CC(=O)O)cc3)cccc21. The Labute approximate surface area is 163 Å². The van der Waals surface area contributed by atoms with Crippen molar-refractivity contribution < 1.29 is 19.0 Å². The summed E-state index contributed by atoms with van der Waals surface area (Å²) in [6.45, 7) is 4.90. The molecule has 5 nitrogen and oxygen atoms in total. The number of hydrogen-bond donors (Lipinski definition) is 1. The Kier molecular flexibility index (Phi) is 6.29. The zero-order valence-electron chi connectivity index (χ0n) is 16.2. The van der Waals surface area contributed by atoms with Gasteiger partial charge < -0.3 is 9.84 Å². The molecule has 0 spiro atoms. The topological polar surface area (TPSA) is 64.4 Å². The highest BCUT2D eigenvalue weighted by Crippen LogP contribution is 2.25. The molecule has 0 radical (unpaired) electrons. The van der Waals surface area contributed by atoms with Crippen molar-refractivity contribution in [2.24, 2.45) is 0 Å². The largest absolute Gasteiger partial charge is 0.489 e. The number of aromatic nitrogens is 2. The first kappa shape index (κ1) is 19.9. The molecule has 0 fully saturated rings. The van der Waals surface area contributed by atoms with Crippen molar-refractivity contribution in [3.05, 3.63) is 59.5 Å². The zero-order chi connectivity index (χ0) is 20.1. The van der Waals surface area contributed by atoms with E-state index in [4.69, 9.17) is 9.84 Å². The third kappa shape index (κ3) is 4.50. The van der Waals surface area contributed by atoms with Crippen LogP contribution in [0.5, 0.6) is 5.75 Å². The van der Waals surface area contributed by atoms with Gasteiger partial charge in [-0.25, -0.2) is 0 Å². The minimum Gasteiger partial charge on any atom is -0.489 e. The van der Waals surface area contributed by atoms with Crippen LogP contribution >= 0.6 is 0 Å². The standard InChI is InChI=1S/C22H25FN2O3/c1-3-4-12-25-19-7-5-6-17(21(19)22(23)24-25)14-28-18-10-8-16(9-11-18)15(2)13-20(26)27/h5-11,15H,3-4,12-14H2,1-2H3,(H,26,27). The van der Waals surface area contributed by atoms with Crippen LogP contribution in [0.25, 0.3) is 10.9 Å². The fourth-order valence-electron chi connectivity index (χ4n) is 3.28. The van der Waals surface area contributed by atoms with Gasteiger partial charge in [-0.05, 0) is 36.1 Å². The normalized spacial score (nSPS) is 12.2. The fourth-order valence-corrected chi connectivity index (χ4v) is 3.28. The lowest BCUT2D eigenvalue weighted by atomic mass is 9.98. The Balaban J connectivity index is 1.73. The van der Waals surface area contributed by atoms with Gasteiger partial charge in [-0.15, -0.1) is 5.10 Å². The zero-order valence-corrected chi connectivity index (χ0v) is 16.2. The molecule has 1 atom stereocenters. The van der Waals surface area contributed by atoms with Gasteiger partial charge in [-0.1, -0.05) is 44.5 Å². The molecule has 3 aromatic rings. The van der Waals surface area contributed by atoms with Crippen molar-refractivity contribution in [3.63, 3.8) is 0 Å². The molecule has 0 saturated heterocycles. The molecule has 2 aromatic carbocycles. The first-order valence-corrected chi connectivity index (χ1v) is 9.58. The van der Waals surface area contributed by atoms with E-state index in [1.807, 2.05) is 49.4 Å². The van der Waals surface area contributed by atoms with Crippen LogP contribution in [0.4, 0.5) is 4.39 Å². The summed E-state index contributed by atoms with van der Waals surface area (Å²) in [7, 11) is 0. The number of fused-ring (bicyclic) bond motifs is 1. The van der Waals surface area contributed by atoms with E-state index in [2.05, 4.69) is 12.0 Å². The molecule has 0 aliphatic carbocycles. The highest BCUT2D eigenvalue weighted by Gasteiger charge is 2.14. The molecule has 28 heavy (non-hydrogen) atoms. The maximum Gasteiger partial charge on any atom is 0.303 e. The molecule has 1 heterocycles. The summed E-state index contributed by atoms with van der Waals surface area (Å²) in [5.41, 5.74) is 2.48. The Morgan fingerprint density at radius 1 is 1.25 bits per heavy atom. The van der Waals surface area contributed by atoms with E-state index >= 15 is 0 Å². The van der Waals surface area contributed by atoms with E-state index in [1.165, 1.54) is 0 Å². The first-order chi connectivity index (χ1) is 13.5. The van der Waals surface area contributed by atoms with Crippen molar-refractivity contribution in [1.82, 2.24) is 9.78 Å². The number of hydrogen-bond acceptors (Lipinski definition) is 3. The van der Waals surface area contributed by atoms with E-state index in [1.54, 1.807) is 4.68 Å². The van der Waals surface area contributed by atoms with Gasteiger partial charge >= 0.3 is 5.97 Å². The van der Waals surface area contributed by atoms with Crippen LogP contribution in [-0.4, -0.2) is 20.9 Å². The van der Waals surface area contributed by atoms with Crippen LogP contribution in [-0.2, 0) is 17.9 Å². The molecule has 0 aliphatic heterocycles. The van der Waals surface area contributed by atoms with E-state index in [0.717, 1.165) is 29.5 Å². The lowest BCUT2D eigenvalue weighted by Gasteiger charge is -2.11. The predicted octanol–water partition coefficient (Wildman–Crippen LogP) is 5.13. The second kappa shape index (κ2) is 8.87. The molecular weight excluding hydrogens is 359 g/mol. The van der Waals surface area contributed by atoms with Crippen molar-refractivity contribution in [1.29, 1.82) is 0 Å². The van der Waals surface area contributed by atoms with Gasteiger partial charge in [-0.3, -0.25) is 9.48 Å². The highest BCUT2D eigenvalue weighted by molar-refractivity contribution is 5.82. The summed E-state index contributed by atoms with van der Waals surface area (Å²) < 4.78 is 22.0. The molecule has 3 rings (SSSR count). The summed E-state index contributed by atoms with van der Waals surface area (Å²) in [6.07, 6.45) is 2.06. The average Bonchev–Trinajstić information content (AvgIpc) is 3.01. The summed E-state index contributed by atoms with van der Waals surface area (Å²) in [5.74, 6) is -0.698. The number of ether oxygens (including phenoxy) is 1. The number of unbranched alkanes of at least 4 members (excludes halogenated alkanes) is 1. The van der Waals surface area contributed by atoms with E-state index < -0.39 is 11.9 Å². The fraction of sp³-hybridized carbons (Fsp3) is 0.364. The molecule has 0 bridgehead atoms. The van der Waals surface area contributed by atoms with Crippen LogP contribution in [0, 0.1) is 5.95 Å². The van der Waals surface area contributed by atoms with E-state index in [0.29, 0.717) is 17.7 Å². The average molecular weight is 384 g/mol. The molecule has 0 aliphatic rings. The third-order valence-corrected chi connectivity index (χ3v) is 4.87. The van der Waals surface area contributed by atoms with E-state index in [-0.39, 0.29) is 18.9 Å². The van der Waals surface area contributed by atoms with Crippen molar-refractivity contribution in [2.45, 2.75) is 52.2 Å². The summed E-state index contributed by atoms with van der Waals surface area (Å²) in [5, 5.41) is 13.5. The van der Waals surface area contributed by atoms with Crippen LogP contribution in [0.2, 0.25) is 0 Å². The molecule has 0 saturated carbocycles. The molecular formula is C22H25FN2O3. The second-order valence-electron chi connectivity index (χ2n) is 7.04. The van der Waals surface area contributed by atoms with Crippen LogP contribution in [0.15, 0.2) is 42.5 Å². The number of carboxylic acids is 1. The van der Waals surface area contributed by atoms with Crippen LogP contribution in [0.1, 0.15) is 50.2 Å². The minimum atomic E-state index is -0.817. The molecule has 0 amide bonds. The molecule has 148 valence electrons. The van der Waals surface area contributed by atoms with Gasteiger partial charge in [0.25, 0.3) is 0 Å². The van der Waals surface area contributed by atoms with Crippen molar-refractivity contribution in [2.75, 3.05) is 0 Å². The number of carboxylic acid groups (broad SMARTS) is 1. The maximum atomic E-state index is 14.4. The lowest BCUT2D eigenvalue weighted by molar-refractivity contribution is -0.137. The maximum absolute atomic E-state index is 14.4. The van der Waals surface area contributed by atoms with E-state index in [9.17, 15) is 9.18 Å². The number of halogens is 1. The lowest BCUT2D eigenvalue weighted by Crippen LogP contribution is -2.03. The number of aliphatic carboxylic acids is 1. The third-order valence-electron chi connectivity index (χ3n) is 4.87. The van der Waals surface area contributed by atoms with Crippen molar-refractivity contribution >= 4 is 16.9 Å². The Bertz CT molecular complexity index is 950. The first-order valence-electron chi connectivity index (χ1n) is 9.58. The summed E-state index contributed by atoms with van der Waals surface area (Å²) in [4.78, 5) is 10.8. The van der Waals surface area contributed by atoms with Crippen LogP contribution in [0.3, 0.4) is 0 Å². The van der Waals surface area contributed by atoms with Gasteiger partial charge in [0.05, 0.1) is 17.3 Å². The van der Waals surface area contributed by atoms with Gasteiger partial charge in [0.15, 0.2) is 0 Å². The quantitative estimate of drug-likeness (QED) is 0.555. The van der Waals surface area contributed by atoms with Crippen LogP contribution < -0.4 is 4.74 Å². The van der Waals surface area contributed by atoms with Crippen molar-refractivity contribution in [3.8, 4) is 5.75 Å². The molecule has 1 N–H and O–H groups in total. The number of benzene rings is 2. The predicted molar refractivity (Wildman–Crippen MR) is 106 cm³/mol. The van der Waals surface area contributed by atoms with Gasteiger partial charge in [-0.2, -0.15) is 4.39 Å².